The van der Waals surface area contributed by atoms with Crippen molar-refractivity contribution in [1.82, 2.24) is 9.55 Å². The summed E-state index contributed by atoms with van der Waals surface area (Å²) in [6.07, 6.45) is 0. The van der Waals surface area contributed by atoms with Gasteiger partial charge < -0.3 is 10.2 Å². The summed E-state index contributed by atoms with van der Waals surface area (Å²) in [5.74, 6) is -0.139. The first kappa shape index (κ1) is 19.0. The number of anilines is 2. The molecule has 0 saturated heterocycles. The highest BCUT2D eigenvalue weighted by Gasteiger charge is 2.18. The minimum absolute atomic E-state index is 0.116. The average Bonchev–Trinajstić information content (AvgIpc) is 2.66. The standard InChI is InChI=1S/C20H22N4O2S/c1-13(18(25)21-14-9-11-15(12-10-14)23(2)3)27-20-22-17-8-6-5-7-16(17)19(26)24(20)4/h5-13H,1-4H3,(H,21,25). The molecule has 1 aromatic heterocycles. The Morgan fingerprint density at radius 3 is 2.48 bits per heavy atom. The maximum absolute atomic E-state index is 12.5. The Hall–Kier alpha value is -2.80. The molecule has 1 heterocycles. The normalized spacial score (nSPS) is 12.0. The fourth-order valence-corrected chi connectivity index (χ4v) is 3.48. The van der Waals surface area contributed by atoms with Gasteiger partial charge in [0.15, 0.2) is 5.16 Å². The molecule has 140 valence electrons. The SMILES string of the molecule is CC(Sc1nc2ccccc2c(=O)n1C)C(=O)Nc1ccc(N(C)C)cc1. The van der Waals surface area contributed by atoms with E-state index >= 15 is 0 Å². The van der Waals surface area contributed by atoms with Crippen LogP contribution >= 0.6 is 11.8 Å². The summed E-state index contributed by atoms with van der Waals surface area (Å²) < 4.78 is 1.49. The molecule has 7 heteroatoms. The Labute approximate surface area is 162 Å². The summed E-state index contributed by atoms with van der Waals surface area (Å²) in [5.41, 5.74) is 2.31. The number of nitrogens with one attached hydrogen (secondary N) is 1. The van der Waals surface area contributed by atoms with E-state index in [1.54, 1.807) is 26.1 Å². The molecular weight excluding hydrogens is 360 g/mol. The molecule has 1 amide bonds. The smallest absolute Gasteiger partial charge is 0.261 e. The van der Waals surface area contributed by atoms with Gasteiger partial charge in [0, 0.05) is 32.5 Å². The minimum atomic E-state index is -0.405. The Morgan fingerprint density at radius 1 is 1.15 bits per heavy atom. The first-order valence-corrected chi connectivity index (χ1v) is 9.45. The predicted molar refractivity (Wildman–Crippen MR) is 112 cm³/mol. The van der Waals surface area contributed by atoms with Crippen LogP contribution in [-0.2, 0) is 11.8 Å². The molecular formula is C20H22N4O2S. The van der Waals surface area contributed by atoms with Gasteiger partial charge in [-0.05, 0) is 43.3 Å². The molecule has 1 N–H and O–H groups in total. The number of fused-ring (bicyclic) bond motifs is 1. The van der Waals surface area contributed by atoms with Crippen LogP contribution in [0.3, 0.4) is 0 Å². The second-order valence-electron chi connectivity index (χ2n) is 6.47. The zero-order valence-electron chi connectivity index (χ0n) is 15.8. The number of hydrogen-bond acceptors (Lipinski definition) is 5. The van der Waals surface area contributed by atoms with Crippen molar-refractivity contribution < 1.29 is 4.79 Å². The molecule has 6 nitrogen and oxygen atoms in total. The number of rotatable bonds is 5. The van der Waals surface area contributed by atoms with Gasteiger partial charge in [-0.2, -0.15) is 0 Å². The van der Waals surface area contributed by atoms with Crippen LogP contribution in [0.5, 0.6) is 0 Å². The largest absolute Gasteiger partial charge is 0.378 e. The summed E-state index contributed by atoms with van der Waals surface area (Å²) >= 11 is 1.27. The van der Waals surface area contributed by atoms with Gasteiger partial charge in [-0.15, -0.1) is 0 Å². The van der Waals surface area contributed by atoms with E-state index < -0.39 is 5.25 Å². The van der Waals surface area contributed by atoms with E-state index in [0.717, 1.165) is 11.4 Å². The number of amides is 1. The minimum Gasteiger partial charge on any atom is -0.378 e. The quantitative estimate of drug-likeness (QED) is 0.542. The fraction of sp³-hybridized carbons (Fsp3) is 0.250. The summed E-state index contributed by atoms with van der Waals surface area (Å²) in [4.78, 5) is 31.6. The first-order valence-electron chi connectivity index (χ1n) is 8.57. The lowest BCUT2D eigenvalue weighted by atomic mass is 10.2. The van der Waals surface area contributed by atoms with E-state index in [4.69, 9.17) is 0 Å². The number of hydrogen-bond donors (Lipinski definition) is 1. The molecule has 0 saturated carbocycles. The zero-order valence-corrected chi connectivity index (χ0v) is 16.6. The lowest BCUT2D eigenvalue weighted by Gasteiger charge is -2.15. The number of carbonyl (C=O) groups excluding carboxylic acids is 1. The molecule has 27 heavy (non-hydrogen) atoms. The van der Waals surface area contributed by atoms with Crippen LogP contribution in [0.15, 0.2) is 58.5 Å². The molecule has 2 aromatic carbocycles. The van der Waals surface area contributed by atoms with E-state index in [9.17, 15) is 9.59 Å². The van der Waals surface area contributed by atoms with Crippen LogP contribution in [-0.4, -0.2) is 34.8 Å². The van der Waals surface area contributed by atoms with Gasteiger partial charge in [0.05, 0.1) is 16.2 Å². The van der Waals surface area contributed by atoms with E-state index in [2.05, 4.69) is 10.3 Å². The number of aromatic nitrogens is 2. The Morgan fingerprint density at radius 2 is 1.81 bits per heavy atom. The fourth-order valence-electron chi connectivity index (χ4n) is 2.60. The Balaban J connectivity index is 1.75. The van der Waals surface area contributed by atoms with Crippen molar-refractivity contribution in [2.45, 2.75) is 17.3 Å². The summed E-state index contributed by atoms with van der Waals surface area (Å²) in [6, 6.07) is 14.9. The van der Waals surface area contributed by atoms with E-state index in [-0.39, 0.29) is 11.5 Å². The molecule has 0 aliphatic carbocycles. The molecule has 1 unspecified atom stereocenters. The van der Waals surface area contributed by atoms with Crippen molar-refractivity contribution in [3.63, 3.8) is 0 Å². The topological polar surface area (TPSA) is 67.2 Å². The maximum Gasteiger partial charge on any atom is 0.261 e. The summed E-state index contributed by atoms with van der Waals surface area (Å²) in [7, 11) is 5.61. The molecule has 0 fully saturated rings. The molecule has 0 spiro atoms. The third kappa shape index (κ3) is 4.14. The van der Waals surface area contributed by atoms with Crippen molar-refractivity contribution in [3.05, 3.63) is 58.9 Å². The van der Waals surface area contributed by atoms with Crippen molar-refractivity contribution in [1.29, 1.82) is 0 Å². The maximum atomic E-state index is 12.5. The highest BCUT2D eigenvalue weighted by molar-refractivity contribution is 8.00. The van der Waals surface area contributed by atoms with Crippen molar-refractivity contribution in [2.24, 2.45) is 7.05 Å². The molecule has 3 aromatic rings. The van der Waals surface area contributed by atoms with Gasteiger partial charge in [0.1, 0.15) is 0 Å². The zero-order chi connectivity index (χ0) is 19.6. The van der Waals surface area contributed by atoms with Crippen LogP contribution in [0, 0.1) is 0 Å². The lowest BCUT2D eigenvalue weighted by molar-refractivity contribution is -0.115. The van der Waals surface area contributed by atoms with E-state index in [1.165, 1.54) is 16.3 Å². The van der Waals surface area contributed by atoms with Crippen LogP contribution in [0.4, 0.5) is 11.4 Å². The second kappa shape index (κ2) is 7.84. The first-order chi connectivity index (χ1) is 12.9. The van der Waals surface area contributed by atoms with E-state index in [1.807, 2.05) is 55.4 Å². The number of para-hydroxylation sites is 1. The van der Waals surface area contributed by atoms with Gasteiger partial charge in [0.2, 0.25) is 5.91 Å². The monoisotopic (exact) mass is 382 g/mol. The van der Waals surface area contributed by atoms with Crippen molar-refractivity contribution in [2.75, 3.05) is 24.3 Å². The van der Waals surface area contributed by atoms with Crippen LogP contribution in [0.2, 0.25) is 0 Å². The molecule has 0 aliphatic rings. The molecule has 0 aliphatic heterocycles. The van der Waals surface area contributed by atoms with Gasteiger partial charge in [-0.1, -0.05) is 23.9 Å². The van der Waals surface area contributed by atoms with Crippen LogP contribution in [0.25, 0.3) is 10.9 Å². The highest BCUT2D eigenvalue weighted by atomic mass is 32.2. The third-order valence-electron chi connectivity index (χ3n) is 4.24. The summed E-state index contributed by atoms with van der Waals surface area (Å²) in [5, 5.41) is 3.59. The number of thioether (sulfide) groups is 1. The molecule has 3 rings (SSSR count). The second-order valence-corrected chi connectivity index (χ2v) is 7.77. The number of carbonyl (C=O) groups is 1. The number of nitrogens with zero attached hydrogens (tertiary/aromatic N) is 3. The lowest BCUT2D eigenvalue weighted by Crippen LogP contribution is -2.25. The third-order valence-corrected chi connectivity index (χ3v) is 5.39. The Kier molecular flexibility index (Phi) is 5.51. The predicted octanol–water partition coefficient (Wildman–Crippen LogP) is 3.12. The van der Waals surface area contributed by atoms with Crippen molar-refractivity contribution >= 4 is 39.9 Å². The molecule has 0 radical (unpaired) electrons. The van der Waals surface area contributed by atoms with Crippen LogP contribution < -0.4 is 15.8 Å². The molecule has 1 atom stereocenters. The van der Waals surface area contributed by atoms with Gasteiger partial charge in [0.25, 0.3) is 5.56 Å². The average molecular weight is 382 g/mol. The van der Waals surface area contributed by atoms with Gasteiger partial charge in [-0.3, -0.25) is 14.2 Å². The van der Waals surface area contributed by atoms with E-state index in [0.29, 0.717) is 16.1 Å². The van der Waals surface area contributed by atoms with Gasteiger partial charge >= 0.3 is 0 Å². The van der Waals surface area contributed by atoms with Crippen molar-refractivity contribution in [3.8, 4) is 0 Å². The molecule has 0 bridgehead atoms. The number of benzene rings is 2. The highest BCUT2D eigenvalue weighted by Crippen LogP contribution is 2.23. The summed E-state index contributed by atoms with van der Waals surface area (Å²) in [6.45, 7) is 1.80. The Bertz CT molecular complexity index is 1030. The van der Waals surface area contributed by atoms with Crippen LogP contribution in [0.1, 0.15) is 6.92 Å². The van der Waals surface area contributed by atoms with Gasteiger partial charge in [-0.25, -0.2) is 4.98 Å².